The van der Waals surface area contributed by atoms with Crippen LogP contribution in [0.2, 0.25) is 0 Å². The van der Waals surface area contributed by atoms with Crippen molar-refractivity contribution in [2.24, 2.45) is 23.5 Å². The Morgan fingerprint density at radius 3 is 2.95 bits per heavy atom. The van der Waals surface area contributed by atoms with Gasteiger partial charge in [-0.1, -0.05) is 24.3 Å². The van der Waals surface area contributed by atoms with Crippen molar-refractivity contribution in [1.29, 1.82) is 0 Å². The fourth-order valence-electron chi connectivity index (χ4n) is 3.63. The first kappa shape index (κ1) is 13.2. The number of carbonyl (C=O) groups is 1. The normalized spacial score (nSPS) is 26.9. The molecule has 0 aromatic heterocycles. The van der Waals surface area contributed by atoms with Gasteiger partial charge in [0.2, 0.25) is 5.91 Å². The number of anilines is 1. The van der Waals surface area contributed by atoms with Crippen LogP contribution in [-0.2, 0) is 4.79 Å². The third-order valence-corrected chi connectivity index (χ3v) is 4.54. The molecule has 3 atom stereocenters. The van der Waals surface area contributed by atoms with Crippen molar-refractivity contribution >= 4 is 11.6 Å². The molecule has 2 fully saturated rings. The highest BCUT2D eigenvalue weighted by atomic mass is 16.1. The van der Waals surface area contributed by atoms with Crippen molar-refractivity contribution in [1.82, 2.24) is 0 Å². The van der Waals surface area contributed by atoms with Gasteiger partial charge in [-0.2, -0.15) is 0 Å². The quantitative estimate of drug-likeness (QED) is 0.809. The van der Waals surface area contributed by atoms with Crippen LogP contribution >= 0.6 is 0 Å². The molecule has 0 aliphatic heterocycles. The van der Waals surface area contributed by atoms with Crippen molar-refractivity contribution in [2.75, 3.05) is 11.9 Å². The van der Waals surface area contributed by atoms with Crippen LogP contribution in [0.25, 0.3) is 0 Å². The second-order valence-electron chi connectivity index (χ2n) is 5.86. The second kappa shape index (κ2) is 5.68. The van der Waals surface area contributed by atoms with Crippen LogP contribution in [0.5, 0.6) is 0 Å². The number of benzene rings is 1. The molecule has 3 nitrogen and oxygen atoms in total. The molecular weight excluding hydrogens is 248 g/mol. The van der Waals surface area contributed by atoms with E-state index in [1.165, 1.54) is 19.3 Å². The maximum Gasteiger partial charge on any atom is 0.227 e. The van der Waals surface area contributed by atoms with Gasteiger partial charge in [0, 0.05) is 17.2 Å². The van der Waals surface area contributed by atoms with E-state index in [0.29, 0.717) is 12.5 Å². The molecule has 1 aromatic rings. The molecule has 2 saturated carbocycles. The van der Waals surface area contributed by atoms with Crippen molar-refractivity contribution in [3.05, 3.63) is 29.8 Å². The molecule has 3 N–H and O–H groups in total. The van der Waals surface area contributed by atoms with Gasteiger partial charge in [-0.3, -0.25) is 4.79 Å². The van der Waals surface area contributed by atoms with E-state index < -0.39 is 0 Å². The van der Waals surface area contributed by atoms with Crippen molar-refractivity contribution in [3.8, 4) is 11.8 Å². The average molecular weight is 268 g/mol. The van der Waals surface area contributed by atoms with E-state index in [2.05, 4.69) is 17.2 Å². The Bertz CT molecular complexity index is 570. The predicted molar refractivity (Wildman–Crippen MR) is 79.9 cm³/mol. The maximum atomic E-state index is 12.4. The van der Waals surface area contributed by atoms with E-state index in [-0.39, 0.29) is 11.8 Å². The lowest BCUT2D eigenvalue weighted by atomic mass is 9.88. The minimum atomic E-state index is 0.182. The first-order chi connectivity index (χ1) is 9.76. The molecule has 3 unspecified atom stereocenters. The lowest BCUT2D eigenvalue weighted by molar-refractivity contribution is -0.121. The number of hydrogen-bond acceptors (Lipinski definition) is 2. The zero-order chi connectivity index (χ0) is 13.9. The molecule has 1 aromatic carbocycles. The zero-order valence-electron chi connectivity index (χ0n) is 11.6. The molecule has 20 heavy (non-hydrogen) atoms. The van der Waals surface area contributed by atoms with Gasteiger partial charge in [-0.05, 0) is 49.3 Å². The molecule has 2 aliphatic rings. The summed E-state index contributed by atoms with van der Waals surface area (Å²) in [5.41, 5.74) is 7.09. The summed E-state index contributed by atoms with van der Waals surface area (Å²) in [5, 5.41) is 3.05. The van der Waals surface area contributed by atoms with Crippen LogP contribution in [0.1, 0.15) is 31.2 Å². The summed E-state index contributed by atoms with van der Waals surface area (Å²) in [6.07, 6.45) is 4.87. The fourth-order valence-corrected chi connectivity index (χ4v) is 3.63. The third-order valence-electron chi connectivity index (χ3n) is 4.54. The van der Waals surface area contributed by atoms with Gasteiger partial charge >= 0.3 is 0 Å². The molecule has 104 valence electrons. The lowest BCUT2D eigenvalue weighted by Crippen LogP contribution is -2.27. The predicted octanol–water partition coefficient (Wildman–Crippen LogP) is 2.37. The van der Waals surface area contributed by atoms with Crippen LogP contribution in [0.3, 0.4) is 0 Å². The average Bonchev–Trinajstić information content (AvgIpc) is 3.08. The third kappa shape index (κ3) is 2.71. The number of amides is 1. The van der Waals surface area contributed by atoms with Crippen LogP contribution in [-0.4, -0.2) is 12.5 Å². The highest BCUT2D eigenvalue weighted by molar-refractivity contribution is 5.93. The Labute approximate surface area is 119 Å². The first-order valence-corrected chi connectivity index (χ1v) is 7.36. The summed E-state index contributed by atoms with van der Waals surface area (Å²) in [4.78, 5) is 12.4. The molecule has 0 saturated heterocycles. The van der Waals surface area contributed by atoms with Crippen LogP contribution in [0.4, 0.5) is 5.69 Å². The van der Waals surface area contributed by atoms with E-state index >= 15 is 0 Å². The number of carbonyl (C=O) groups excluding carboxylic acids is 1. The molecule has 2 aliphatic carbocycles. The van der Waals surface area contributed by atoms with E-state index in [0.717, 1.165) is 23.6 Å². The van der Waals surface area contributed by atoms with Crippen molar-refractivity contribution in [3.63, 3.8) is 0 Å². The van der Waals surface area contributed by atoms with Gasteiger partial charge in [0.1, 0.15) is 0 Å². The standard InChI is InChI=1S/C17H20N2O/c18-8-2-4-12-3-1-5-15(10-12)19-17(20)16-11-13-6-7-14(16)9-13/h1,3,5,10,13-14,16H,6-9,11,18H2,(H,19,20). The lowest BCUT2D eigenvalue weighted by Gasteiger charge is -2.20. The molecule has 3 heteroatoms. The Kier molecular flexibility index (Phi) is 3.75. The topological polar surface area (TPSA) is 55.1 Å². The molecule has 1 amide bonds. The number of rotatable bonds is 2. The number of nitrogens with one attached hydrogen (secondary N) is 1. The van der Waals surface area contributed by atoms with Gasteiger partial charge in [-0.25, -0.2) is 0 Å². The second-order valence-corrected chi connectivity index (χ2v) is 5.86. The monoisotopic (exact) mass is 268 g/mol. The van der Waals surface area contributed by atoms with Gasteiger partial charge < -0.3 is 11.1 Å². The van der Waals surface area contributed by atoms with Gasteiger partial charge in [-0.15, -0.1) is 0 Å². The van der Waals surface area contributed by atoms with E-state index in [1.807, 2.05) is 24.3 Å². The van der Waals surface area contributed by atoms with Crippen molar-refractivity contribution in [2.45, 2.75) is 25.7 Å². The van der Waals surface area contributed by atoms with E-state index in [1.54, 1.807) is 0 Å². The highest BCUT2D eigenvalue weighted by Crippen LogP contribution is 2.48. The Morgan fingerprint density at radius 2 is 2.25 bits per heavy atom. The molecule has 0 spiro atoms. The van der Waals surface area contributed by atoms with Crippen LogP contribution < -0.4 is 11.1 Å². The number of nitrogens with two attached hydrogens (primary N) is 1. The largest absolute Gasteiger partial charge is 0.326 e. The SMILES string of the molecule is NCC#Cc1cccc(NC(=O)C2CC3CCC2C3)c1. The number of hydrogen-bond donors (Lipinski definition) is 2. The van der Waals surface area contributed by atoms with Crippen LogP contribution in [0.15, 0.2) is 24.3 Å². The molecule has 3 rings (SSSR count). The maximum absolute atomic E-state index is 12.4. The van der Waals surface area contributed by atoms with Gasteiger partial charge in [0.05, 0.1) is 6.54 Å². The van der Waals surface area contributed by atoms with Crippen LogP contribution in [0, 0.1) is 29.6 Å². The summed E-state index contributed by atoms with van der Waals surface area (Å²) in [5.74, 6) is 7.61. The molecule has 0 radical (unpaired) electrons. The Balaban J connectivity index is 1.67. The van der Waals surface area contributed by atoms with E-state index in [4.69, 9.17) is 5.73 Å². The molecule has 2 bridgehead atoms. The smallest absolute Gasteiger partial charge is 0.227 e. The molecular formula is C17H20N2O. The first-order valence-electron chi connectivity index (χ1n) is 7.36. The zero-order valence-corrected chi connectivity index (χ0v) is 11.6. The van der Waals surface area contributed by atoms with Crippen molar-refractivity contribution < 1.29 is 4.79 Å². The van der Waals surface area contributed by atoms with Gasteiger partial charge in [0.25, 0.3) is 0 Å². The summed E-state index contributed by atoms with van der Waals surface area (Å²) in [6.45, 7) is 0.349. The minimum absolute atomic E-state index is 0.182. The Hall–Kier alpha value is -1.79. The number of fused-ring (bicyclic) bond motifs is 2. The summed E-state index contributed by atoms with van der Waals surface area (Å²) < 4.78 is 0. The Morgan fingerprint density at radius 1 is 1.35 bits per heavy atom. The molecule has 0 heterocycles. The summed E-state index contributed by atoms with van der Waals surface area (Å²) in [6, 6.07) is 7.67. The summed E-state index contributed by atoms with van der Waals surface area (Å²) in [7, 11) is 0. The highest BCUT2D eigenvalue weighted by Gasteiger charge is 2.42. The fraction of sp³-hybridized carbons (Fsp3) is 0.471. The minimum Gasteiger partial charge on any atom is -0.326 e. The van der Waals surface area contributed by atoms with Gasteiger partial charge in [0.15, 0.2) is 0 Å². The summed E-state index contributed by atoms with van der Waals surface area (Å²) >= 11 is 0. The van der Waals surface area contributed by atoms with E-state index in [9.17, 15) is 4.79 Å².